The molecule has 5 rings (SSSR count). The minimum atomic E-state index is -3.82. The number of ether oxygens (including phenoxy) is 1. The number of hydrogen-bond donors (Lipinski definition) is 0. The molecule has 0 saturated carbocycles. The Morgan fingerprint density at radius 2 is 1.74 bits per heavy atom. The van der Waals surface area contributed by atoms with Crippen LogP contribution in [0.2, 0.25) is 0 Å². The molecule has 0 aliphatic heterocycles. The Morgan fingerprint density at radius 3 is 2.41 bits per heavy atom. The largest absolute Gasteiger partial charge is 0.494 e. The summed E-state index contributed by atoms with van der Waals surface area (Å²) in [5.74, 6) is 1.01. The number of hydrogen-bond acceptors (Lipinski definition) is 7. The summed E-state index contributed by atoms with van der Waals surface area (Å²) in [6.07, 6.45) is 1.55. The number of benzene rings is 3. The van der Waals surface area contributed by atoms with Gasteiger partial charge in [-0.1, -0.05) is 29.5 Å². The molecule has 0 saturated heterocycles. The van der Waals surface area contributed by atoms with Crippen molar-refractivity contribution in [2.24, 2.45) is 0 Å². The van der Waals surface area contributed by atoms with Crippen molar-refractivity contribution in [3.63, 3.8) is 0 Å². The van der Waals surface area contributed by atoms with Gasteiger partial charge in [0.25, 0.3) is 15.9 Å². The number of sulfonamides is 1. The third-order valence-corrected chi connectivity index (χ3v) is 9.01. The zero-order chi connectivity index (χ0) is 27.4. The first kappa shape index (κ1) is 26.5. The van der Waals surface area contributed by atoms with Crippen LogP contribution in [0.3, 0.4) is 0 Å². The van der Waals surface area contributed by atoms with Crippen LogP contribution in [0.15, 0.2) is 101 Å². The fourth-order valence-corrected chi connectivity index (χ4v) is 6.65. The Kier molecular flexibility index (Phi) is 7.67. The Labute approximate surface area is 231 Å². The predicted octanol–water partition coefficient (Wildman–Crippen LogP) is 6.35. The van der Waals surface area contributed by atoms with Crippen molar-refractivity contribution in [1.29, 1.82) is 0 Å². The normalized spacial score (nSPS) is 11.4. The Balaban J connectivity index is 1.46. The Hall–Kier alpha value is -4.15. The smallest absolute Gasteiger partial charge is 0.264 e. The lowest BCUT2D eigenvalue weighted by Gasteiger charge is -2.23. The monoisotopic (exact) mass is 561 g/mol. The Morgan fingerprint density at radius 1 is 0.974 bits per heavy atom. The third-order valence-electron chi connectivity index (χ3n) is 6.05. The lowest BCUT2D eigenvalue weighted by molar-refractivity contribution is 0.0983. The first-order chi connectivity index (χ1) is 18.9. The first-order valence-corrected chi connectivity index (χ1v) is 14.7. The number of anilines is 2. The molecule has 2 aromatic heterocycles. The maximum absolute atomic E-state index is 13.8. The van der Waals surface area contributed by atoms with Crippen LogP contribution < -0.4 is 13.9 Å². The number of carbonyl (C=O) groups excluding carboxylic acids is 1. The molecule has 0 fully saturated rings. The maximum atomic E-state index is 13.8. The zero-order valence-electron chi connectivity index (χ0n) is 21.5. The van der Waals surface area contributed by atoms with Crippen LogP contribution in [0, 0.1) is 0 Å². The molecule has 0 aliphatic carbocycles. The molecule has 0 unspecified atom stereocenters. The van der Waals surface area contributed by atoms with Crippen LogP contribution in [0.4, 0.5) is 10.8 Å². The van der Waals surface area contributed by atoms with E-state index in [1.54, 1.807) is 49.6 Å². The number of thiazole rings is 1. The number of nitrogens with zero attached hydrogens (tertiary/aromatic N) is 3. The van der Waals surface area contributed by atoms with Gasteiger partial charge in [0.05, 0.1) is 40.2 Å². The van der Waals surface area contributed by atoms with Gasteiger partial charge in [-0.25, -0.2) is 13.4 Å². The van der Waals surface area contributed by atoms with Gasteiger partial charge in [-0.05, 0) is 80.6 Å². The van der Waals surface area contributed by atoms with Crippen LogP contribution in [-0.2, 0) is 16.6 Å². The van der Waals surface area contributed by atoms with Gasteiger partial charge in [-0.15, -0.1) is 0 Å². The molecule has 39 heavy (non-hydrogen) atoms. The average molecular weight is 562 g/mol. The Bertz CT molecular complexity index is 1670. The highest BCUT2D eigenvalue weighted by Crippen LogP contribution is 2.33. The molecule has 0 radical (unpaired) electrons. The molecule has 8 nitrogen and oxygen atoms in total. The number of rotatable bonds is 10. The van der Waals surface area contributed by atoms with Crippen LogP contribution in [-0.4, -0.2) is 32.5 Å². The van der Waals surface area contributed by atoms with E-state index in [2.05, 4.69) is 4.98 Å². The van der Waals surface area contributed by atoms with Gasteiger partial charge in [0, 0.05) is 12.1 Å². The van der Waals surface area contributed by atoms with Crippen molar-refractivity contribution in [3.8, 4) is 5.75 Å². The molecular weight excluding hydrogens is 534 g/mol. The summed E-state index contributed by atoms with van der Waals surface area (Å²) in [7, 11) is -3.82. The first-order valence-electron chi connectivity index (χ1n) is 12.5. The molecule has 0 bridgehead atoms. The van der Waals surface area contributed by atoms with Crippen LogP contribution in [0.5, 0.6) is 5.75 Å². The standard InChI is InChI=1S/C29H27N3O5S2/c1-3-32(22-9-6-5-7-10-22)39(34,35)25-15-12-21(13-16-25)28(33)31(20-24-11-8-18-37-24)29-30-26-17-14-23(36-4-2)19-27(26)38-29/h5-19H,3-4,20H2,1-2H3. The highest BCUT2D eigenvalue weighted by Gasteiger charge is 2.26. The summed E-state index contributed by atoms with van der Waals surface area (Å²) >= 11 is 1.37. The molecule has 3 aromatic carbocycles. The number of furan rings is 1. The summed E-state index contributed by atoms with van der Waals surface area (Å²) in [4.78, 5) is 20.1. The fraction of sp³-hybridized carbons (Fsp3) is 0.172. The van der Waals surface area contributed by atoms with Crippen LogP contribution in [0.25, 0.3) is 10.2 Å². The summed E-state index contributed by atoms with van der Waals surface area (Å²) in [5.41, 5.74) is 1.66. The van der Waals surface area contributed by atoms with E-state index in [-0.39, 0.29) is 23.9 Å². The lowest BCUT2D eigenvalue weighted by atomic mass is 10.2. The molecule has 200 valence electrons. The molecular formula is C29H27N3O5S2. The second kappa shape index (κ2) is 11.3. The molecule has 0 N–H and O–H groups in total. The predicted molar refractivity (Wildman–Crippen MR) is 153 cm³/mol. The molecule has 5 aromatic rings. The second-order valence-corrected chi connectivity index (χ2v) is 11.4. The van der Waals surface area contributed by atoms with E-state index < -0.39 is 10.0 Å². The van der Waals surface area contributed by atoms with Crippen molar-refractivity contribution in [2.45, 2.75) is 25.3 Å². The summed E-state index contributed by atoms with van der Waals surface area (Å²) < 4.78 is 40.1. The SMILES string of the molecule is CCOc1ccc2nc(N(Cc3ccco3)C(=O)c3ccc(S(=O)(=O)N(CC)c4ccccc4)cc3)sc2c1. The minimum Gasteiger partial charge on any atom is -0.494 e. The molecule has 0 aliphatic rings. The number of para-hydroxylation sites is 1. The van der Waals surface area contributed by atoms with Gasteiger partial charge in [-0.2, -0.15) is 0 Å². The van der Waals surface area contributed by atoms with Gasteiger partial charge in [0.15, 0.2) is 5.13 Å². The van der Waals surface area contributed by atoms with E-state index in [0.717, 1.165) is 16.0 Å². The minimum absolute atomic E-state index is 0.103. The van der Waals surface area contributed by atoms with E-state index in [9.17, 15) is 13.2 Å². The van der Waals surface area contributed by atoms with Crippen LogP contribution in [0.1, 0.15) is 30.0 Å². The number of carbonyl (C=O) groups is 1. The van der Waals surface area contributed by atoms with E-state index in [4.69, 9.17) is 9.15 Å². The third kappa shape index (κ3) is 5.52. The molecule has 10 heteroatoms. The highest BCUT2D eigenvalue weighted by molar-refractivity contribution is 7.92. The zero-order valence-corrected chi connectivity index (χ0v) is 23.1. The van der Waals surface area contributed by atoms with Gasteiger partial charge in [-0.3, -0.25) is 14.0 Å². The fourth-order valence-electron chi connectivity index (χ4n) is 4.19. The van der Waals surface area contributed by atoms with Gasteiger partial charge in [0.2, 0.25) is 0 Å². The van der Waals surface area contributed by atoms with Gasteiger partial charge in [0.1, 0.15) is 11.5 Å². The topological polar surface area (TPSA) is 93.0 Å². The van der Waals surface area contributed by atoms with Crippen molar-refractivity contribution in [1.82, 2.24) is 4.98 Å². The number of aromatic nitrogens is 1. The van der Waals surface area contributed by atoms with Crippen LogP contribution >= 0.6 is 11.3 Å². The summed E-state index contributed by atoms with van der Waals surface area (Å²) in [6, 6.07) is 24.1. The van der Waals surface area contributed by atoms with E-state index >= 15 is 0 Å². The van der Waals surface area contributed by atoms with E-state index in [1.165, 1.54) is 44.8 Å². The molecule has 1 amide bonds. The maximum Gasteiger partial charge on any atom is 0.264 e. The number of fused-ring (bicyclic) bond motifs is 1. The summed E-state index contributed by atoms with van der Waals surface area (Å²) in [5, 5.41) is 0.498. The van der Waals surface area contributed by atoms with Crippen molar-refractivity contribution >= 4 is 48.3 Å². The highest BCUT2D eigenvalue weighted by atomic mass is 32.2. The molecule has 0 atom stereocenters. The van der Waals surface area contributed by atoms with Crippen molar-refractivity contribution in [2.75, 3.05) is 22.4 Å². The second-order valence-electron chi connectivity index (χ2n) is 8.56. The van der Waals surface area contributed by atoms with E-state index in [0.29, 0.717) is 28.7 Å². The van der Waals surface area contributed by atoms with Gasteiger partial charge >= 0.3 is 0 Å². The van der Waals surface area contributed by atoms with E-state index in [1.807, 2.05) is 31.2 Å². The average Bonchev–Trinajstić information content (AvgIpc) is 3.62. The number of amides is 1. The molecule has 2 heterocycles. The molecule has 0 spiro atoms. The lowest BCUT2D eigenvalue weighted by Crippen LogP contribution is -2.31. The van der Waals surface area contributed by atoms with Crippen molar-refractivity contribution in [3.05, 3.63) is 103 Å². The van der Waals surface area contributed by atoms with Gasteiger partial charge < -0.3 is 9.15 Å². The van der Waals surface area contributed by atoms with Crippen molar-refractivity contribution < 1.29 is 22.4 Å². The summed E-state index contributed by atoms with van der Waals surface area (Å²) in [6.45, 7) is 4.69. The quantitative estimate of drug-likeness (QED) is 0.197.